The van der Waals surface area contributed by atoms with E-state index in [2.05, 4.69) is 20.9 Å². The Morgan fingerprint density at radius 2 is 1.80 bits per heavy atom. The number of hydrogen-bond donors (Lipinski definition) is 2. The van der Waals surface area contributed by atoms with Gasteiger partial charge in [0.25, 0.3) is 11.8 Å². The van der Waals surface area contributed by atoms with E-state index < -0.39 is 17.9 Å². The minimum atomic E-state index is -0.807. The number of carbonyl (C=O) groups excluding carboxylic acids is 2. The lowest BCUT2D eigenvalue weighted by molar-refractivity contribution is -0.128. The first kappa shape index (κ1) is 19.4. The van der Waals surface area contributed by atoms with Gasteiger partial charge in [0, 0.05) is 11.4 Å². The maximum atomic E-state index is 12.5. The van der Waals surface area contributed by atoms with E-state index in [4.69, 9.17) is 4.74 Å². The molecule has 8 heteroatoms. The summed E-state index contributed by atoms with van der Waals surface area (Å²) in [5.74, 6) is -0.414. The van der Waals surface area contributed by atoms with E-state index in [0.29, 0.717) is 11.4 Å². The topological polar surface area (TPSA) is 97.6 Å². The van der Waals surface area contributed by atoms with Gasteiger partial charge in [0.05, 0.1) is 6.20 Å². The minimum absolute atomic E-state index is 0.269. The molecular weight excluding hydrogens is 382 g/mol. The molecule has 0 fully saturated rings. The van der Waals surface area contributed by atoms with Crippen molar-refractivity contribution in [3.63, 3.8) is 0 Å². The van der Waals surface area contributed by atoms with Gasteiger partial charge in [-0.05, 0) is 49.7 Å². The van der Waals surface area contributed by atoms with E-state index >= 15 is 0 Å². The molecule has 0 saturated heterocycles. The van der Waals surface area contributed by atoms with Crippen molar-refractivity contribution < 1.29 is 14.3 Å². The van der Waals surface area contributed by atoms with Gasteiger partial charge in [0.15, 0.2) is 11.8 Å². The molecule has 0 aliphatic rings. The number of ether oxygens (including phenoxy) is 1. The van der Waals surface area contributed by atoms with Crippen LogP contribution in [0.1, 0.15) is 28.7 Å². The fourth-order valence-electron chi connectivity index (χ4n) is 3.22. The Morgan fingerprint density at radius 3 is 2.60 bits per heavy atom. The quantitative estimate of drug-likeness (QED) is 0.511. The van der Waals surface area contributed by atoms with Gasteiger partial charge in [-0.3, -0.25) is 20.4 Å². The zero-order valence-electron chi connectivity index (χ0n) is 16.8. The van der Waals surface area contributed by atoms with Crippen LogP contribution in [-0.4, -0.2) is 32.5 Å². The fraction of sp³-hybridized carbons (Fsp3) is 0.182. The number of nitrogens with one attached hydrogen (secondary N) is 2. The van der Waals surface area contributed by atoms with Crippen molar-refractivity contribution in [3.05, 3.63) is 71.7 Å². The Kier molecular flexibility index (Phi) is 5.05. The molecule has 2 N–H and O–H groups in total. The van der Waals surface area contributed by atoms with Crippen molar-refractivity contribution in [2.24, 2.45) is 0 Å². The van der Waals surface area contributed by atoms with Crippen LogP contribution in [0.15, 0.2) is 54.7 Å². The standard InChI is InChI=1S/C22H21N5O3/c1-13-10-14(2)27-20(24-13)19(12-23-27)22(29)26-25-21(28)15(3)30-18-9-8-16-6-4-5-7-17(16)11-18/h4-12,15H,1-3H3,(H,25,28)(H,26,29). The summed E-state index contributed by atoms with van der Waals surface area (Å²) in [5.41, 5.74) is 7.13. The van der Waals surface area contributed by atoms with Gasteiger partial charge in [-0.2, -0.15) is 5.10 Å². The fourth-order valence-corrected chi connectivity index (χ4v) is 3.22. The number of hydrogen-bond acceptors (Lipinski definition) is 5. The van der Waals surface area contributed by atoms with Crippen LogP contribution in [0.3, 0.4) is 0 Å². The first-order valence-electron chi connectivity index (χ1n) is 9.50. The van der Waals surface area contributed by atoms with Crippen molar-refractivity contribution >= 4 is 28.2 Å². The molecule has 1 unspecified atom stereocenters. The largest absolute Gasteiger partial charge is 0.481 e. The van der Waals surface area contributed by atoms with E-state index in [9.17, 15) is 9.59 Å². The molecule has 8 nitrogen and oxygen atoms in total. The lowest BCUT2D eigenvalue weighted by Gasteiger charge is -2.15. The van der Waals surface area contributed by atoms with Crippen molar-refractivity contribution in [3.8, 4) is 5.75 Å². The smallest absolute Gasteiger partial charge is 0.279 e. The first-order chi connectivity index (χ1) is 14.4. The summed E-state index contributed by atoms with van der Waals surface area (Å²) in [6.07, 6.45) is 0.614. The molecule has 4 rings (SSSR count). The molecule has 152 valence electrons. The zero-order chi connectivity index (χ0) is 21.3. The lowest BCUT2D eigenvalue weighted by Crippen LogP contribution is -2.47. The number of fused-ring (bicyclic) bond motifs is 2. The van der Waals surface area contributed by atoms with Crippen LogP contribution in [0.5, 0.6) is 5.75 Å². The lowest BCUT2D eigenvalue weighted by atomic mass is 10.1. The van der Waals surface area contributed by atoms with Crippen LogP contribution in [-0.2, 0) is 4.79 Å². The SMILES string of the molecule is Cc1cc(C)n2ncc(C(=O)NNC(=O)C(C)Oc3ccc4ccccc4c3)c2n1. The second-order valence-electron chi connectivity index (χ2n) is 7.04. The third kappa shape index (κ3) is 3.80. The van der Waals surface area contributed by atoms with Gasteiger partial charge in [-0.25, -0.2) is 9.50 Å². The molecule has 2 heterocycles. The Balaban J connectivity index is 1.40. The molecule has 2 aromatic carbocycles. The summed E-state index contributed by atoms with van der Waals surface area (Å²) in [6.45, 7) is 5.33. The van der Waals surface area contributed by atoms with E-state index in [-0.39, 0.29) is 5.56 Å². The normalized spacial score (nSPS) is 12.0. The Hall–Kier alpha value is -3.94. The van der Waals surface area contributed by atoms with Crippen LogP contribution in [0.2, 0.25) is 0 Å². The third-order valence-corrected chi connectivity index (χ3v) is 4.72. The molecule has 0 aliphatic heterocycles. The highest BCUT2D eigenvalue weighted by Crippen LogP contribution is 2.21. The number of benzene rings is 2. The highest BCUT2D eigenvalue weighted by molar-refractivity contribution is 6.00. The van der Waals surface area contributed by atoms with E-state index in [1.165, 1.54) is 6.20 Å². The predicted molar refractivity (Wildman–Crippen MR) is 112 cm³/mol. The molecule has 4 aromatic rings. The average Bonchev–Trinajstić information content (AvgIpc) is 3.16. The monoisotopic (exact) mass is 403 g/mol. The predicted octanol–water partition coefficient (Wildman–Crippen LogP) is 2.73. The molecule has 0 bridgehead atoms. The molecule has 2 aromatic heterocycles. The van der Waals surface area contributed by atoms with Crippen LogP contribution in [0.25, 0.3) is 16.4 Å². The molecule has 0 saturated carbocycles. The van der Waals surface area contributed by atoms with Crippen molar-refractivity contribution in [2.45, 2.75) is 26.9 Å². The van der Waals surface area contributed by atoms with Gasteiger partial charge in [-0.1, -0.05) is 30.3 Å². The second-order valence-corrected chi connectivity index (χ2v) is 7.04. The van der Waals surface area contributed by atoms with Gasteiger partial charge in [0.2, 0.25) is 0 Å². The van der Waals surface area contributed by atoms with E-state index in [1.54, 1.807) is 17.5 Å². The van der Waals surface area contributed by atoms with Crippen LogP contribution in [0.4, 0.5) is 0 Å². The third-order valence-electron chi connectivity index (χ3n) is 4.72. The molecule has 30 heavy (non-hydrogen) atoms. The number of aromatic nitrogens is 3. The summed E-state index contributed by atoms with van der Waals surface area (Å²) < 4.78 is 7.30. The Morgan fingerprint density at radius 1 is 1.03 bits per heavy atom. The van der Waals surface area contributed by atoms with Gasteiger partial charge in [-0.15, -0.1) is 0 Å². The minimum Gasteiger partial charge on any atom is -0.481 e. The number of hydrazine groups is 1. The summed E-state index contributed by atoms with van der Waals surface area (Å²) in [4.78, 5) is 29.2. The Bertz CT molecular complexity index is 1260. The van der Waals surface area contributed by atoms with Crippen LogP contribution >= 0.6 is 0 Å². The maximum Gasteiger partial charge on any atom is 0.279 e. The highest BCUT2D eigenvalue weighted by atomic mass is 16.5. The van der Waals surface area contributed by atoms with Crippen LogP contribution < -0.4 is 15.6 Å². The van der Waals surface area contributed by atoms with Crippen molar-refractivity contribution in [1.82, 2.24) is 25.4 Å². The number of carbonyl (C=O) groups is 2. The first-order valence-corrected chi connectivity index (χ1v) is 9.50. The summed E-state index contributed by atoms with van der Waals surface area (Å²) in [6, 6.07) is 15.4. The number of nitrogens with zero attached hydrogens (tertiary/aromatic N) is 3. The molecule has 0 aliphatic carbocycles. The average molecular weight is 403 g/mol. The molecule has 0 radical (unpaired) electrons. The number of amides is 2. The van der Waals surface area contributed by atoms with Crippen molar-refractivity contribution in [1.29, 1.82) is 0 Å². The van der Waals surface area contributed by atoms with Crippen LogP contribution in [0, 0.1) is 13.8 Å². The van der Waals surface area contributed by atoms with Gasteiger partial charge < -0.3 is 4.74 Å². The number of rotatable bonds is 4. The van der Waals surface area contributed by atoms with E-state index in [0.717, 1.165) is 22.2 Å². The molecule has 0 spiro atoms. The molecule has 2 amide bonds. The summed E-state index contributed by atoms with van der Waals surface area (Å²) in [7, 11) is 0. The molecular formula is C22H21N5O3. The van der Waals surface area contributed by atoms with Gasteiger partial charge in [0.1, 0.15) is 11.3 Å². The van der Waals surface area contributed by atoms with Gasteiger partial charge >= 0.3 is 0 Å². The Labute approximate surface area is 172 Å². The second kappa shape index (κ2) is 7.82. The summed E-state index contributed by atoms with van der Waals surface area (Å²) >= 11 is 0. The maximum absolute atomic E-state index is 12.5. The molecule has 1 atom stereocenters. The van der Waals surface area contributed by atoms with Crippen molar-refractivity contribution in [2.75, 3.05) is 0 Å². The highest BCUT2D eigenvalue weighted by Gasteiger charge is 2.19. The summed E-state index contributed by atoms with van der Waals surface area (Å²) in [5, 5.41) is 6.28. The number of aryl methyl sites for hydroxylation is 2. The zero-order valence-corrected chi connectivity index (χ0v) is 16.8. The van der Waals surface area contributed by atoms with E-state index in [1.807, 2.05) is 56.3 Å².